The van der Waals surface area contributed by atoms with Gasteiger partial charge in [-0.3, -0.25) is 9.48 Å². The van der Waals surface area contributed by atoms with Crippen molar-refractivity contribution in [3.05, 3.63) is 27.8 Å². The first-order valence-corrected chi connectivity index (χ1v) is 6.60. The van der Waals surface area contributed by atoms with Crippen molar-refractivity contribution < 1.29 is 5.11 Å². The predicted octanol–water partition coefficient (Wildman–Crippen LogP) is 1.74. The number of aromatic nitrogens is 4. The van der Waals surface area contributed by atoms with E-state index < -0.39 is 0 Å². The van der Waals surface area contributed by atoms with Gasteiger partial charge in [-0.1, -0.05) is 27.7 Å². The van der Waals surface area contributed by atoms with Gasteiger partial charge in [0.1, 0.15) is 5.82 Å². The molecular weight excluding hydrogens is 256 g/mol. The molecule has 2 aromatic heterocycles. The minimum Gasteiger partial charge on any atom is -0.493 e. The maximum Gasteiger partial charge on any atom is 0.258 e. The highest BCUT2D eigenvalue weighted by atomic mass is 16.3. The van der Waals surface area contributed by atoms with Crippen molar-refractivity contribution in [1.82, 2.24) is 19.7 Å². The summed E-state index contributed by atoms with van der Waals surface area (Å²) in [6.45, 7) is 7.92. The Morgan fingerprint density at radius 2 is 2.05 bits per heavy atom. The fourth-order valence-corrected chi connectivity index (χ4v) is 2.15. The number of nitrogens with one attached hydrogen (secondary N) is 1. The molecule has 20 heavy (non-hydrogen) atoms. The summed E-state index contributed by atoms with van der Waals surface area (Å²) in [6, 6.07) is 0. The standard InChI is InChI=1S/C14H20N4O2/c1-6-8-12(19)15-11(16-13(8)20)9-7-18(5)17-10(9)14(2,3)4/h7H,6H2,1-5H3,(H2,15,16,19,20). The van der Waals surface area contributed by atoms with E-state index in [1.807, 2.05) is 27.8 Å². The fourth-order valence-electron chi connectivity index (χ4n) is 2.15. The zero-order chi connectivity index (χ0) is 15.1. The predicted molar refractivity (Wildman–Crippen MR) is 76.8 cm³/mol. The molecule has 6 heteroatoms. The SMILES string of the molecule is CCc1c(O)nc(-c2cn(C)nc2C(C)(C)C)[nH]c1=O. The molecule has 0 amide bonds. The van der Waals surface area contributed by atoms with Gasteiger partial charge in [0.15, 0.2) is 0 Å². The maximum absolute atomic E-state index is 12.0. The van der Waals surface area contributed by atoms with Crippen molar-refractivity contribution in [2.24, 2.45) is 7.05 Å². The van der Waals surface area contributed by atoms with Crippen LogP contribution in [0.15, 0.2) is 11.0 Å². The molecule has 0 atom stereocenters. The van der Waals surface area contributed by atoms with Gasteiger partial charge in [0.25, 0.3) is 5.56 Å². The van der Waals surface area contributed by atoms with Crippen LogP contribution >= 0.6 is 0 Å². The Morgan fingerprint density at radius 1 is 1.40 bits per heavy atom. The fraction of sp³-hybridized carbons (Fsp3) is 0.500. The number of aromatic hydroxyl groups is 1. The zero-order valence-corrected chi connectivity index (χ0v) is 12.5. The third-order valence-electron chi connectivity index (χ3n) is 3.14. The molecule has 0 aromatic carbocycles. The summed E-state index contributed by atoms with van der Waals surface area (Å²) in [7, 11) is 1.82. The van der Waals surface area contributed by atoms with Crippen LogP contribution in [0.3, 0.4) is 0 Å². The Labute approximate surface area is 117 Å². The number of rotatable bonds is 2. The second-order valence-electron chi connectivity index (χ2n) is 5.89. The normalized spacial score (nSPS) is 11.8. The third kappa shape index (κ3) is 2.45. The van der Waals surface area contributed by atoms with E-state index in [-0.39, 0.29) is 16.9 Å². The third-order valence-corrected chi connectivity index (χ3v) is 3.14. The second kappa shape index (κ2) is 4.77. The number of hydrogen-bond acceptors (Lipinski definition) is 4. The van der Waals surface area contributed by atoms with Crippen molar-refractivity contribution in [3.8, 4) is 17.3 Å². The summed E-state index contributed by atoms with van der Waals surface area (Å²) in [5.41, 5.74) is 1.37. The molecule has 2 N–H and O–H groups in total. The molecule has 2 aromatic rings. The average Bonchev–Trinajstić information content (AvgIpc) is 2.70. The van der Waals surface area contributed by atoms with Gasteiger partial charge in [0.2, 0.25) is 5.88 Å². The molecule has 2 heterocycles. The molecule has 0 spiro atoms. The van der Waals surface area contributed by atoms with Crippen LogP contribution in [0.4, 0.5) is 0 Å². The monoisotopic (exact) mass is 276 g/mol. The minimum atomic E-state index is -0.307. The van der Waals surface area contributed by atoms with Gasteiger partial charge in [0, 0.05) is 18.7 Å². The van der Waals surface area contributed by atoms with Gasteiger partial charge in [-0.05, 0) is 6.42 Å². The average molecular weight is 276 g/mol. The van der Waals surface area contributed by atoms with E-state index in [1.54, 1.807) is 17.8 Å². The molecule has 0 fully saturated rings. The van der Waals surface area contributed by atoms with E-state index >= 15 is 0 Å². The van der Waals surface area contributed by atoms with Crippen LogP contribution in [0.2, 0.25) is 0 Å². The Kier molecular flexibility index (Phi) is 3.41. The lowest BCUT2D eigenvalue weighted by Crippen LogP contribution is -2.17. The van der Waals surface area contributed by atoms with E-state index in [9.17, 15) is 9.90 Å². The van der Waals surface area contributed by atoms with Crippen molar-refractivity contribution in [3.63, 3.8) is 0 Å². The minimum absolute atomic E-state index is 0.186. The summed E-state index contributed by atoms with van der Waals surface area (Å²) in [5, 5.41) is 14.3. The first-order chi connectivity index (χ1) is 9.24. The Hall–Kier alpha value is -2.11. The molecule has 2 rings (SSSR count). The van der Waals surface area contributed by atoms with Crippen LogP contribution in [-0.4, -0.2) is 24.9 Å². The molecule has 0 aliphatic rings. The Balaban J connectivity index is 2.67. The van der Waals surface area contributed by atoms with E-state index in [4.69, 9.17) is 0 Å². The lowest BCUT2D eigenvalue weighted by Gasteiger charge is -2.17. The van der Waals surface area contributed by atoms with Crippen molar-refractivity contribution in [2.75, 3.05) is 0 Å². The highest BCUT2D eigenvalue weighted by molar-refractivity contribution is 5.59. The molecule has 6 nitrogen and oxygen atoms in total. The smallest absolute Gasteiger partial charge is 0.258 e. The van der Waals surface area contributed by atoms with Crippen LogP contribution in [0, 0.1) is 0 Å². The van der Waals surface area contributed by atoms with E-state index in [1.165, 1.54) is 0 Å². The van der Waals surface area contributed by atoms with E-state index in [0.29, 0.717) is 17.8 Å². The first kappa shape index (κ1) is 14.3. The lowest BCUT2D eigenvalue weighted by atomic mass is 9.89. The Bertz CT molecular complexity index is 692. The van der Waals surface area contributed by atoms with Gasteiger partial charge in [-0.2, -0.15) is 10.1 Å². The number of nitrogens with zero attached hydrogens (tertiary/aromatic N) is 3. The second-order valence-corrected chi connectivity index (χ2v) is 5.89. The van der Waals surface area contributed by atoms with Crippen molar-refractivity contribution >= 4 is 0 Å². The molecule has 0 aliphatic heterocycles. The summed E-state index contributed by atoms with van der Waals surface area (Å²) in [4.78, 5) is 18.8. The number of H-pyrrole nitrogens is 1. The van der Waals surface area contributed by atoms with E-state index in [0.717, 1.165) is 11.3 Å². The van der Waals surface area contributed by atoms with Crippen LogP contribution < -0.4 is 5.56 Å². The van der Waals surface area contributed by atoms with Gasteiger partial charge >= 0.3 is 0 Å². The van der Waals surface area contributed by atoms with Gasteiger partial charge in [0.05, 0.1) is 16.8 Å². The van der Waals surface area contributed by atoms with Gasteiger partial charge in [-0.15, -0.1) is 0 Å². The van der Waals surface area contributed by atoms with Crippen LogP contribution in [0.25, 0.3) is 11.4 Å². The van der Waals surface area contributed by atoms with Crippen molar-refractivity contribution in [2.45, 2.75) is 39.5 Å². The summed E-state index contributed by atoms with van der Waals surface area (Å²) in [5.74, 6) is 0.137. The topological polar surface area (TPSA) is 83.8 Å². The summed E-state index contributed by atoms with van der Waals surface area (Å²) in [6.07, 6.45) is 2.23. The molecule has 0 aliphatic carbocycles. The number of aromatic amines is 1. The summed E-state index contributed by atoms with van der Waals surface area (Å²) >= 11 is 0. The molecule has 108 valence electrons. The number of aryl methyl sites for hydroxylation is 1. The molecule has 0 saturated heterocycles. The first-order valence-electron chi connectivity index (χ1n) is 6.60. The quantitative estimate of drug-likeness (QED) is 0.875. The van der Waals surface area contributed by atoms with Gasteiger partial charge in [-0.25, -0.2) is 0 Å². The van der Waals surface area contributed by atoms with E-state index in [2.05, 4.69) is 15.1 Å². The van der Waals surface area contributed by atoms with Crippen LogP contribution in [-0.2, 0) is 18.9 Å². The maximum atomic E-state index is 12.0. The number of hydrogen-bond donors (Lipinski definition) is 2. The molecule has 0 bridgehead atoms. The molecule has 0 unspecified atom stereocenters. The largest absolute Gasteiger partial charge is 0.493 e. The van der Waals surface area contributed by atoms with Crippen LogP contribution in [0.5, 0.6) is 5.88 Å². The van der Waals surface area contributed by atoms with Gasteiger partial charge < -0.3 is 10.1 Å². The zero-order valence-electron chi connectivity index (χ0n) is 12.5. The van der Waals surface area contributed by atoms with Crippen molar-refractivity contribution in [1.29, 1.82) is 0 Å². The van der Waals surface area contributed by atoms with Crippen LogP contribution in [0.1, 0.15) is 39.0 Å². The molecule has 0 radical (unpaired) electrons. The Morgan fingerprint density at radius 3 is 2.55 bits per heavy atom. The highest BCUT2D eigenvalue weighted by Crippen LogP contribution is 2.30. The lowest BCUT2D eigenvalue weighted by molar-refractivity contribution is 0.444. The summed E-state index contributed by atoms with van der Waals surface area (Å²) < 4.78 is 1.68. The highest BCUT2D eigenvalue weighted by Gasteiger charge is 2.24. The molecular formula is C14H20N4O2. The molecule has 0 saturated carbocycles.